The van der Waals surface area contributed by atoms with Crippen LogP contribution in [0.25, 0.3) is 0 Å². The van der Waals surface area contributed by atoms with E-state index >= 15 is 0 Å². The van der Waals surface area contributed by atoms with Crippen molar-refractivity contribution >= 4 is 23.9 Å². The molecule has 0 radical (unpaired) electrons. The van der Waals surface area contributed by atoms with Crippen LogP contribution in [0.5, 0.6) is 0 Å². The number of alkyl carbamates (subject to hydrolysis) is 1. The molecule has 1 fully saturated rings. The number of rotatable bonds is 9. The smallest absolute Gasteiger partial charge is 0.408 e. The number of hydrogen-bond acceptors (Lipinski definition) is 6. The first-order valence-corrected chi connectivity index (χ1v) is 12.3. The van der Waals surface area contributed by atoms with Gasteiger partial charge in [0, 0.05) is 27.1 Å². The monoisotopic (exact) mass is 525 g/mol. The lowest BCUT2D eigenvalue weighted by Crippen LogP contribution is -2.56. The molecule has 1 aliphatic rings. The van der Waals surface area contributed by atoms with E-state index in [1.54, 1.807) is 20.8 Å². The molecule has 9 nitrogen and oxygen atoms in total. The number of benzene rings is 1. The zero-order chi connectivity index (χ0) is 27.9. The van der Waals surface area contributed by atoms with Crippen LogP contribution in [0.4, 0.5) is 13.6 Å². The van der Waals surface area contributed by atoms with E-state index in [4.69, 9.17) is 9.47 Å². The van der Waals surface area contributed by atoms with Crippen LogP contribution in [0.2, 0.25) is 0 Å². The zero-order valence-corrected chi connectivity index (χ0v) is 22.3. The average Bonchev–Trinajstić information content (AvgIpc) is 3.15. The first kappa shape index (κ1) is 30.0. The third-order valence-electron chi connectivity index (χ3n) is 5.74. The molecule has 0 spiro atoms. The molecule has 1 heterocycles. The molecule has 1 unspecified atom stereocenters. The van der Waals surface area contributed by atoms with Crippen LogP contribution in [0.3, 0.4) is 0 Å². The Labute approximate surface area is 216 Å². The number of nitrogens with zero attached hydrogens (tertiary/aromatic N) is 2. The predicted molar refractivity (Wildman–Crippen MR) is 132 cm³/mol. The first-order chi connectivity index (χ1) is 17.3. The molecule has 1 N–H and O–H groups in total. The molecule has 206 valence electrons. The van der Waals surface area contributed by atoms with Crippen molar-refractivity contribution in [3.05, 3.63) is 35.4 Å². The van der Waals surface area contributed by atoms with E-state index < -0.39 is 53.9 Å². The minimum Gasteiger partial charge on any atom is -0.462 e. The molecule has 11 heteroatoms. The number of unbranched alkanes of at least 4 members (excludes halogenated alkanes) is 1. The Morgan fingerprint density at radius 1 is 1.14 bits per heavy atom. The maximum Gasteiger partial charge on any atom is 0.408 e. The number of amides is 3. The summed E-state index contributed by atoms with van der Waals surface area (Å²) in [6, 6.07) is 4.22. The van der Waals surface area contributed by atoms with Gasteiger partial charge in [-0.1, -0.05) is 25.5 Å². The highest BCUT2D eigenvalue weighted by molar-refractivity contribution is 5.96. The van der Waals surface area contributed by atoms with Crippen LogP contribution < -0.4 is 5.32 Å². The van der Waals surface area contributed by atoms with Crippen molar-refractivity contribution in [1.29, 1.82) is 0 Å². The summed E-state index contributed by atoms with van der Waals surface area (Å²) >= 11 is 0. The van der Waals surface area contributed by atoms with Crippen LogP contribution in [0, 0.1) is 0 Å². The summed E-state index contributed by atoms with van der Waals surface area (Å²) in [5.74, 6) is -3.38. The third kappa shape index (κ3) is 8.13. The Bertz CT molecular complexity index is 964. The lowest BCUT2D eigenvalue weighted by molar-refractivity contribution is -0.143. The van der Waals surface area contributed by atoms with Crippen molar-refractivity contribution in [3.8, 4) is 0 Å². The van der Waals surface area contributed by atoms with Gasteiger partial charge in [-0.25, -0.2) is 18.4 Å². The molecule has 1 aromatic rings. The Morgan fingerprint density at radius 3 is 2.24 bits per heavy atom. The van der Waals surface area contributed by atoms with Gasteiger partial charge in [0.05, 0.1) is 18.1 Å². The molecule has 0 saturated carbocycles. The summed E-state index contributed by atoms with van der Waals surface area (Å²) in [4.78, 5) is 53.7. The molecular formula is C26H37F2N3O6. The lowest BCUT2D eigenvalue weighted by atomic mass is 9.88. The minimum atomic E-state index is -2.20. The summed E-state index contributed by atoms with van der Waals surface area (Å²) in [6.07, 6.45) is -3.69. The van der Waals surface area contributed by atoms with Crippen molar-refractivity contribution < 1.29 is 37.4 Å². The number of alkyl halides is 2. The summed E-state index contributed by atoms with van der Waals surface area (Å²) < 4.78 is 38.9. The quantitative estimate of drug-likeness (QED) is 0.300. The van der Waals surface area contributed by atoms with Crippen LogP contribution in [0.1, 0.15) is 68.8 Å². The second kappa shape index (κ2) is 12.8. The maximum absolute atomic E-state index is 14.5. The fraction of sp³-hybridized carbons (Fsp3) is 0.615. The normalized spacial score (nSPS) is 19.1. The molecule has 1 aliphatic heterocycles. The number of likely N-dealkylation sites (tertiary alicyclic amines) is 1. The summed E-state index contributed by atoms with van der Waals surface area (Å²) in [6.45, 7) is 6.89. The van der Waals surface area contributed by atoms with Gasteiger partial charge in [-0.3, -0.25) is 9.59 Å². The van der Waals surface area contributed by atoms with Gasteiger partial charge in [-0.05, 0) is 44.9 Å². The van der Waals surface area contributed by atoms with Crippen molar-refractivity contribution in [2.75, 3.05) is 27.2 Å². The van der Waals surface area contributed by atoms with Crippen LogP contribution in [0.15, 0.2) is 24.3 Å². The van der Waals surface area contributed by atoms with Gasteiger partial charge in [0.15, 0.2) is 6.17 Å². The molecule has 0 aliphatic carbocycles. The van der Waals surface area contributed by atoms with Gasteiger partial charge in [0.25, 0.3) is 0 Å². The third-order valence-corrected chi connectivity index (χ3v) is 5.74. The first-order valence-electron chi connectivity index (χ1n) is 12.3. The fourth-order valence-electron chi connectivity index (χ4n) is 3.83. The second-order valence-corrected chi connectivity index (χ2v) is 10.2. The number of nitrogens with one attached hydrogen (secondary N) is 1. The van der Waals surface area contributed by atoms with E-state index in [0.29, 0.717) is 4.90 Å². The Hall–Kier alpha value is -3.24. The highest BCUT2D eigenvalue weighted by atomic mass is 19.2. The molecule has 2 rings (SSSR count). The molecule has 37 heavy (non-hydrogen) atoms. The SMILES string of the molecule is CCCCOC(=O)c1ccc([C@H](C(=O)N(C)C)[C@H](NC(=O)OC(C)(C)C)C(=O)N2CC[C@H](F)C2F)cc1. The number of halogens is 2. The Balaban J connectivity index is 2.46. The number of ether oxygens (including phenoxy) is 2. The van der Waals surface area contributed by atoms with Crippen LogP contribution >= 0.6 is 0 Å². The highest BCUT2D eigenvalue weighted by Crippen LogP contribution is 2.29. The summed E-state index contributed by atoms with van der Waals surface area (Å²) in [5.41, 5.74) is -0.397. The number of likely N-dealkylation sites (N-methyl/N-ethyl adjacent to an activating group) is 1. The number of carbonyl (C=O) groups excluding carboxylic acids is 4. The number of carbonyl (C=O) groups is 4. The standard InChI is InChI=1S/C26H37F2N3O6/c1-7-8-15-36-24(34)17-11-9-16(10-12-17)19(22(32)30(5)6)20(29-25(35)37-26(2,3)4)23(33)31-14-13-18(27)21(31)28/h9-12,18-21H,7-8,13-15H2,1-6H3,(H,29,35)/t18-,19-,20-,21?/m0/s1. The number of hydrogen-bond donors (Lipinski definition) is 1. The van der Waals surface area contributed by atoms with Crippen molar-refractivity contribution in [1.82, 2.24) is 15.1 Å². The van der Waals surface area contributed by atoms with E-state index in [1.807, 2.05) is 6.92 Å². The molecule has 1 saturated heterocycles. The average molecular weight is 526 g/mol. The predicted octanol–water partition coefficient (Wildman–Crippen LogP) is 3.57. The van der Waals surface area contributed by atoms with Crippen LogP contribution in [-0.2, 0) is 19.1 Å². The van der Waals surface area contributed by atoms with Crippen molar-refractivity contribution in [2.45, 2.75) is 77.0 Å². The lowest BCUT2D eigenvalue weighted by Gasteiger charge is -2.33. The summed E-state index contributed by atoms with van der Waals surface area (Å²) in [7, 11) is 2.93. The van der Waals surface area contributed by atoms with Gasteiger partial charge in [-0.2, -0.15) is 0 Å². The van der Waals surface area contributed by atoms with Gasteiger partial charge in [0.1, 0.15) is 11.6 Å². The maximum atomic E-state index is 14.5. The van der Waals surface area contributed by atoms with E-state index in [2.05, 4.69) is 5.32 Å². The van der Waals surface area contributed by atoms with Crippen molar-refractivity contribution in [2.24, 2.45) is 0 Å². The molecule has 0 bridgehead atoms. The Kier molecular flexibility index (Phi) is 10.4. The van der Waals surface area contributed by atoms with E-state index in [1.165, 1.54) is 43.3 Å². The number of esters is 1. The van der Waals surface area contributed by atoms with E-state index in [-0.39, 0.29) is 30.7 Å². The fourth-order valence-corrected chi connectivity index (χ4v) is 3.83. The highest BCUT2D eigenvalue weighted by Gasteiger charge is 2.45. The van der Waals surface area contributed by atoms with Gasteiger partial charge in [-0.15, -0.1) is 0 Å². The topological polar surface area (TPSA) is 105 Å². The molecule has 1 aromatic carbocycles. The molecule has 3 amide bonds. The summed E-state index contributed by atoms with van der Waals surface area (Å²) in [5, 5.41) is 2.41. The van der Waals surface area contributed by atoms with Gasteiger partial charge in [0.2, 0.25) is 18.1 Å². The Morgan fingerprint density at radius 2 is 1.76 bits per heavy atom. The molecular weight excluding hydrogens is 488 g/mol. The van der Waals surface area contributed by atoms with E-state index in [9.17, 15) is 28.0 Å². The molecule has 0 aromatic heterocycles. The van der Waals surface area contributed by atoms with E-state index in [0.717, 1.165) is 12.8 Å². The van der Waals surface area contributed by atoms with Gasteiger partial charge < -0.3 is 24.6 Å². The zero-order valence-electron chi connectivity index (χ0n) is 22.3. The minimum absolute atomic E-state index is 0.201. The van der Waals surface area contributed by atoms with Gasteiger partial charge >= 0.3 is 12.1 Å². The molecule has 4 atom stereocenters. The van der Waals surface area contributed by atoms with Crippen molar-refractivity contribution in [3.63, 3.8) is 0 Å². The van der Waals surface area contributed by atoms with Crippen LogP contribution in [-0.4, -0.2) is 85.0 Å². The second-order valence-electron chi connectivity index (χ2n) is 10.2. The largest absolute Gasteiger partial charge is 0.462 e.